The summed E-state index contributed by atoms with van der Waals surface area (Å²) in [6, 6.07) is 3.67. The minimum atomic E-state index is -0.0813. The van der Waals surface area contributed by atoms with Crippen molar-refractivity contribution in [1.82, 2.24) is 10.0 Å². The molecule has 88 valence electrons. The van der Waals surface area contributed by atoms with Crippen molar-refractivity contribution in [3.8, 4) is 0 Å². The zero-order chi connectivity index (χ0) is 12.0. The molecule has 0 saturated carbocycles. The molecular weight excluding hydrogens is 272 g/mol. The topological polar surface area (TPSA) is 42.4 Å². The Kier molecular flexibility index (Phi) is 5.42. The number of hydroxylamine groups is 2. The fourth-order valence-electron chi connectivity index (χ4n) is 1.13. The minimum absolute atomic E-state index is 0.0813. The van der Waals surface area contributed by atoms with Crippen LogP contribution in [0, 0.1) is 0 Å². The Balaban J connectivity index is 2.54. The molecular formula is C11H15BrN2O2. The monoisotopic (exact) mass is 286 g/mol. The van der Waals surface area contributed by atoms with Gasteiger partial charge in [0.25, 0.3) is 0 Å². The van der Waals surface area contributed by atoms with Crippen LogP contribution in [0.2, 0.25) is 0 Å². The predicted molar refractivity (Wildman–Crippen MR) is 64.7 cm³/mol. The lowest BCUT2D eigenvalue weighted by Gasteiger charge is -2.16. The Bertz CT molecular complexity index is 358. The number of pyridine rings is 1. The maximum Gasteiger partial charge on any atom is 0.250 e. The summed E-state index contributed by atoms with van der Waals surface area (Å²) < 4.78 is 0.701. The number of halogens is 1. The van der Waals surface area contributed by atoms with Crippen LogP contribution < -0.4 is 0 Å². The number of carbonyl (C=O) groups is 1. The number of likely N-dealkylation sites (N-methyl/N-ethyl adjacent to an activating group) is 1. The molecule has 1 rings (SSSR count). The lowest BCUT2D eigenvalue weighted by Crippen LogP contribution is -2.28. The van der Waals surface area contributed by atoms with Crippen LogP contribution >= 0.6 is 15.9 Å². The fraction of sp³-hybridized carbons (Fsp3) is 0.455. The molecule has 0 radical (unpaired) electrons. The molecule has 1 aromatic heterocycles. The third-order valence-corrected chi connectivity index (χ3v) is 2.73. The van der Waals surface area contributed by atoms with E-state index in [0.29, 0.717) is 11.2 Å². The molecule has 0 aromatic carbocycles. The van der Waals surface area contributed by atoms with E-state index >= 15 is 0 Å². The average Bonchev–Trinajstić information content (AvgIpc) is 2.28. The highest BCUT2D eigenvalue weighted by molar-refractivity contribution is 9.10. The molecule has 0 aliphatic rings. The molecule has 0 aliphatic heterocycles. The lowest BCUT2D eigenvalue weighted by molar-refractivity contribution is -0.177. The summed E-state index contributed by atoms with van der Waals surface area (Å²) in [6.45, 7) is 2.55. The van der Waals surface area contributed by atoms with Gasteiger partial charge in [-0.3, -0.25) is 9.63 Å². The molecule has 0 unspecified atom stereocenters. The molecule has 4 nitrogen and oxygen atoms in total. The average molecular weight is 287 g/mol. The van der Waals surface area contributed by atoms with Crippen molar-refractivity contribution in [2.45, 2.75) is 19.8 Å². The predicted octanol–water partition coefficient (Wildman–Crippen LogP) is 2.19. The molecule has 5 heteroatoms. The third-order valence-electron chi connectivity index (χ3n) is 2.02. The van der Waals surface area contributed by atoms with Crippen LogP contribution in [0.1, 0.15) is 18.9 Å². The van der Waals surface area contributed by atoms with Gasteiger partial charge in [0.05, 0.1) is 13.0 Å². The summed E-state index contributed by atoms with van der Waals surface area (Å²) in [7, 11) is 1.63. The van der Waals surface area contributed by atoms with E-state index in [1.165, 1.54) is 5.06 Å². The molecule has 0 fully saturated rings. The van der Waals surface area contributed by atoms with E-state index in [0.717, 1.165) is 12.0 Å². The van der Waals surface area contributed by atoms with Gasteiger partial charge in [0.1, 0.15) is 4.60 Å². The van der Waals surface area contributed by atoms with Crippen LogP contribution in [0.4, 0.5) is 0 Å². The first-order valence-corrected chi connectivity index (χ1v) is 5.93. The summed E-state index contributed by atoms with van der Waals surface area (Å²) in [5, 5.41) is 1.28. The van der Waals surface area contributed by atoms with E-state index in [4.69, 9.17) is 4.84 Å². The Morgan fingerprint density at radius 2 is 2.38 bits per heavy atom. The normalized spacial score (nSPS) is 10.2. The van der Waals surface area contributed by atoms with Gasteiger partial charge in [0.2, 0.25) is 5.91 Å². The molecule has 0 bridgehead atoms. The summed E-state index contributed by atoms with van der Waals surface area (Å²) in [5.41, 5.74) is 0.861. The van der Waals surface area contributed by atoms with Gasteiger partial charge in [0, 0.05) is 13.2 Å². The number of amides is 1. The van der Waals surface area contributed by atoms with E-state index in [1.807, 2.05) is 13.0 Å². The highest BCUT2D eigenvalue weighted by Gasteiger charge is 2.12. The van der Waals surface area contributed by atoms with E-state index < -0.39 is 0 Å². The van der Waals surface area contributed by atoms with E-state index in [2.05, 4.69) is 20.9 Å². The molecule has 1 amide bonds. The van der Waals surface area contributed by atoms with Crippen LogP contribution in [0.5, 0.6) is 0 Å². The van der Waals surface area contributed by atoms with Gasteiger partial charge in [-0.1, -0.05) is 13.0 Å². The van der Waals surface area contributed by atoms with Gasteiger partial charge in [-0.15, -0.1) is 0 Å². The Morgan fingerprint density at radius 3 is 3.00 bits per heavy atom. The van der Waals surface area contributed by atoms with Crippen molar-refractivity contribution < 1.29 is 9.63 Å². The summed E-state index contributed by atoms with van der Waals surface area (Å²) >= 11 is 3.30. The Morgan fingerprint density at radius 1 is 1.62 bits per heavy atom. The first kappa shape index (κ1) is 13.1. The van der Waals surface area contributed by atoms with Crippen molar-refractivity contribution in [3.63, 3.8) is 0 Å². The van der Waals surface area contributed by atoms with Crippen molar-refractivity contribution in [1.29, 1.82) is 0 Å². The summed E-state index contributed by atoms with van der Waals surface area (Å²) in [5.74, 6) is -0.0813. The number of hydrogen-bond donors (Lipinski definition) is 0. The van der Waals surface area contributed by atoms with Gasteiger partial charge in [0.15, 0.2) is 0 Å². The third kappa shape index (κ3) is 3.90. The van der Waals surface area contributed by atoms with Crippen LogP contribution in [-0.4, -0.2) is 29.6 Å². The zero-order valence-corrected chi connectivity index (χ0v) is 11.0. The molecule has 1 heterocycles. The van der Waals surface area contributed by atoms with Gasteiger partial charge in [-0.2, -0.15) is 0 Å². The van der Waals surface area contributed by atoms with Crippen molar-refractivity contribution in [2.75, 3.05) is 13.7 Å². The molecule has 0 saturated heterocycles. The summed E-state index contributed by atoms with van der Waals surface area (Å²) in [4.78, 5) is 21.0. The molecule has 1 aromatic rings. The molecule has 0 N–H and O–H groups in total. The number of aromatic nitrogens is 1. The van der Waals surface area contributed by atoms with Crippen LogP contribution in [0.15, 0.2) is 22.9 Å². The van der Waals surface area contributed by atoms with E-state index in [9.17, 15) is 4.79 Å². The highest BCUT2D eigenvalue weighted by Crippen LogP contribution is 2.13. The van der Waals surface area contributed by atoms with Gasteiger partial charge in [-0.25, -0.2) is 10.0 Å². The maximum absolute atomic E-state index is 11.7. The van der Waals surface area contributed by atoms with Crippen molar-refractivity contribution in [2.24, 2.45) is 0 Å². The molecule has 0 atom stereocenters. The van der Waals surface area contributed by atoms with Crippen molar-refractivity contribution >= 4 is 21.8 Å². The quantitative estimate of drug-likeness (QED) is 0.616. The number of carbonyl (C=O) groups excluding carboxylic acids is 1. The SMILES string of the molecule is CCCON(C)C(=O)Cc1cccnc1Br. The summed E-state index contributed by atoms with van der Waals surface area (Å²) in [6.07, 6.45) is 2.85. The van der Waals surface area contributed by atoms with Crippen molar-refractivity contribution in [3.05, 3.63) is 28.5 Å². The van der Waals surface area contributed by atoms with Crippen LogP contribution in [-0.2, 0) is 16.1 Å². The molecule has 16 heavy (non-hydrogen) atoms. The Hall–Kier alpha value is -0.940. The van der Waals surface area contributed by atoms with Crippen LogP contribution in [0.3, 0.4) is 0 Å². The Labute approximate surface area is 104 Å². The number of hydrogen-bond acceptors (Lipinski definition) is 3. The first-order chi connectivity index (χ1) is 7.65. The van der Waals surface area contributed by atoms with Gasteiger partial charge in [-0.05, 0) is 34.0 Å². The number of nitrogens with zero attached hydrogens (tertiary/aromatic N) is 2. The minimum Gasteiger partial charge on any atom is -0.272 e. The first-order valence-electron chi connectivity index (χ1n) is 5.14. The lowest BCUT2D eigenvalue weighted by atomic mass is 10.2. The van der Waals surface area contributed by atoms with Gasteiger partial charge >= 0.3 is 0 Å². The second kappa shape index (κ2) is 6.60. The smallest absolute Gasteiger partial charge is 0.250 e. The van der Waals surface area contributed by atoms with Crippen LogP contribution in [0.25, 0.3) is 0 Å². The fourth-order valence-corrected chi connectivity index (χ4v) is 1.52. The second-order valence-electron chi connectivity index (χ2n) is 3.35. The standard InChI is InChI=1S/C11H15BrN2O2/c1-3-7-16-14(2)10(15)8-9-5-4-6-13-11(9)12/h4-6H,3,7-8H2,1-2H3. The zero-order valence-electron chi connectivity index (χ0n) is 9.44. The van der Waals surface area contributed by atoms with E-state index in [1.54, 1.807) is 19.3 Å². The molecule has 0 aliphatic carbocycles. The maximum atomic E-state index is 11.7. The number of rotatable bonds is 5. The highest BCUT2D eigenvalue weighted by atomic mass is 79.9. The molecule has 0 spiro atoms. The van der Waals surface area contributed by atoms with Gasteiger partial charge < -0.3 is 0 Å². The van der Waals surface area contributed by atoms with E-state index in [-0.39, 0.29) is 12.3 Å². The second-order valence-corrected chi connectivity index (χ2v) is 4.11. The largest absolute Gasteiger partial charge is 0.272 e.